The van der Waals surface area contributed by atoms with Crippen molar-refractivity contribution in [2.75, 3.05) is 0 Å². The van der Waals surface area contributed by atoms with Crippen molar-refractivity contribution in [1.82, 2.24) is 25.6 Å². The summed E-state index contributed by atoms with van der Waals surface area (Å²) in [6.07, 6.45) is 4.68. The zero-order valence-electron chi connectivity index (χ0n) is 16.8. The summed E-state index contributed by atoms with van der Waals surface area (Å²) in [6.45, 7) is 1.66. The number of aliphatic hydroxyl groups excluding tert-OH is 1. The lowest BCUT2D eigenvalue weighted by Crippen LogP contribution is -2.50. The molecule has 2 aliphatic rings. The number of piperidine rings is 1. The first-order valence-electron chi connectivity index (χ1n) is 10.3. The van der Waals surface area contributed by atoms with E-state index in [9.17, 15) is 19.6 Å². The molecule has 4 rings (SSSR count). The fourth-order valence-electron chi connectivity index (χ4n) is 4.43. The minimum absolute atomic E-state index is 0.0831. The van der Waals surface area contributed by atoms with Gasteiger partial charge in [-0.1, -0.05) is 11.3 Å². The Morgan fingerprint density at radius 1 is 1.47 bits per heavy atom. The number of carbonyl (C=O) groups is 1. The van der Waals surface area contributed by atoms with E-state index < -0.39 is 18.0 Å². The molecular formula is C21H25FN6O2. The summed E-state index contributed by atoms with van der Waals surface area (Å²) in [5.41, 5.74) is 1.44. The van der Waals surface area contributed by atoms with Crippen LogP contribution >= 0.6 is 0 Å². The highest BCUT2D eigenvalue weighted by Crippen LogP contribution is 2.35. The van der Waals surface area contributed by atoms with Gasteiger partial charge in [-0.05, 0) is 49.8 Å². The lowest BCUT2D eigenvalue weighted by Gasteiger charge is -2.23. The molecule has 2 fully saturated rings. The van der Waals surface area contributed by atoms with Crippen LogP contribution < -0.4 is 10.6 Å². The average Bonchev–Trinajstić information content (AvgIpc) is 3.45. The standard InChI is InChI=1S/C21H25FN6O2/c1-12(29)6-17-11-28(27-26-17)18-5-3-13(19(22)9-18)7-16(10-23)25-21(30)20-14-2-4-15(8-14)24-20/h3,5,9,11-12,14-16,20,24,29H,2,4,6-8H2,1H3,(H,25,30)/t12?,14-,15+,16-,20-/m0/s1. The van der Waals surface area contributed by atoms with Crippen molar-refractivity contribution in [3.05, 3.63) is 41.5 Å². The zero-order valence-corrected chi connectivity index (χ0v) is 16.8. The van der Waals surface area contributed by atoms with Crippen molar-refractivity contribution in [3.63, 3.8) is 0 Å². The average molecular weight is 412 g/mol. The van der Waals surface area contributed by atoms with Crippen molar-refractivity contribution < 1.29 is 14.3 Å². The maximum atomic E-state index is 14.7. The highest BCUT2D eigenvalue weighted by molar-refractivity contribution is 5.83. The Kier molecular flexibility index (Phi) is 5.79. The molecule has 1 saturated heterocycles. The summed E-state index contributed by atoms with van der Waals surface area (Å²) in [5, 5.41) is 32.9. The Morgan fingerprint density at radius 2 is 2.30 bits per heavy atom. The second-order valence-electron chi connectivity index (χ2n) is 8.29. The van der Waals surface area contributed by atoms with E-state index in [1.54, 1.807) is 25.3 Å². The van der Waals surface area contributed by atoms with Gasteiger partial charge in [0, 0.05) is 18.9 Å². The van der Waals surface area contributed by atoms with Gasteiger partial charge in [0.15, 0.2) is 0 Å². The molecule has 0 radical (unpaired) electrons. The molecule has 1 aromatic heterocycles. The summed E-state index contributed by atoms with van der Waals surface area (Å²) in [6, 6.07) is 6.01. The van der Waals surface area contributed by atoms with Crippen molar-refractivity contribution in [3.8, 4) is 11.8 Å². The van der Waals surface area contributed by atoms with Crippen LogP contribution in [0.2, 0.25) is 0 Å². The number of hydrogen-bond acceptors (Lipinski definition) is 6. The number of hydrogen-bond donors (Lipinski definition) is 3. The fourth-order valence-corrected chi connectivity index (χ4v) is 4.43. The van der Waals surface area contributed by atoms with E-state index in [-0.39, 0.29) is 18.4 Å². The number of nitrogens with one attached hydrogen (secondary N) is 2. The highest BCUT2D eigenvalue weighted by Gasteiger charge is 2.43. The predicted octanol–water partition coefficient (Wildman–Crippen LogP) is 1.02. The Balaban J connectivity index is 1.40. The Bertz CT molecular complexity index is 969. The monoisotopic (exact) mass is 412 g/mol. The van der Waals surface area contributed by atoms with E-state index in [4.69, 9.17) is 0 Å². The number of nitriles is 1. The van der Waals surface area contributed by atoms with Crippen LogP contribution in [0.3, 0.4) is 0 Å². The number of nitrogens with zero attached hydrogens (tertiary/aromatic N) is 4. The molecule has 9 heteroatoms. The molecule has 1 amide bonds. The third kappa shape index (κ3) is 4.35. The van der Waals surface area contributed by atoms with Crippen LogP contribution in [0.25, 0.3) is 5.69 Å². The number of aliphatic hydroxyl groups is 1. The third-order valence-electron chi connectivity index (χ3n) is 5.89. The highest BCUT2D eigenvalue weighted by atomic mass is 19.1. The van der Waals surface area contributed by atoms with Gasteiger partial charge < -0.3 is 15.7 Å². The maximum Gasteiger partial charge on any atom is 0.238 e. The van der Waals surface area contributed by atoms with E-state index in [0.717, 1.165) is 19.3 Å². The van der Waals surface area contributed by atoms with Gasteiger partial charge in [-0.3, -0.25) is 4.79 Å². The maximum absolute atomic E-state index is 14.7. The topological polar surface area (TPSA) is 116 Å². The molecule has 0 spiro atoms. The van der Waals surface area contributed by atoms with Gasteiger partial charge in [-0.25, -0.2) is 9.07 Å². The van der Waals surface area contributed by atoms with Crippen LogP contribution in [0.5, 0.6) is 0 Å². The van der Waals surface area contributed by atoms with Crippen LogP contribution in [-0.4, -0.2) is 50.2 Å². The van der Waals surface area contributed by atoms with Gasteiger partial charge in [-0.15, -0.1) is 5.10 Å². The van der Waals surface area contributed by atoms with E-state index in [2.05, 4.69) is 27.0 Å². The number of aromatic nitrogens is 3. The summed E-state index contributed by atoms with van der Waals surface area (Å²) in [7, 11) is 0. The normalized spacial score (nSPS) is 24.4. The van der Waals surface area contributed by atoms with E-state index >= 15 is 0 Å². The number of carbonyl (C=O) groups excluding carboxylic acids is 1. The Hall–Kier alpha value is -2.83. The van der Waals surface area contributed by atoms with Crippen molar-refractivity contribution >= 4 is 5.91 Å². The molecule has 158 valence electrons. The first-order valence-corrected chi connectivity index (χ1v) is 10.3. The largest absolute Gasteiger partial charge is 0.393 e. The molecule has 2 aromatic rings. The van der Waals surface area contributed by atoms with E-state index in [1.165, 1.54) is 10.7 Å². The number of benzene rings is 1. The van der Waals surface area contributed by atoms with Crippen LogP contribution in [0.4, 0.5) is 4.39 Å². The van der Waals surface area contributed by atoms with Crippen molar-refractivity contribution in [2.45, 2.75) is 63.3 Å². The minimum atomic E-state index is -0.803. The smallest absolute Gasteiger partial charge is 0.238 e. The van der Waals surface area contributed by atoms with Gasteiger partial charge in [0.05, 0.1) is 35.8 Å². The number of halogens is 1. The predicted molar refractivity (Wildman–Crippen MR) is 106 cm³/mol. The van der Waals surface area contributed by atoms with Crippen molar-refractivity contribution in [1.29, 1.82) is 5.26 Å². The lowest BCUT2D eigenvalue weighted by molar-refractivity contribution is -0.124. The van der Waals surface area contributed by atoms with E-state index in [0.29, 0.717) is 35.3 Å². The molecule has 1 aliphatic carbocycles. The lowest BCUT2D eigenvalue weighted by atomic mass is 9.98. The van der Waals surface area contributed by atoms with Gasteiger partial charge in [0.25, 0.3) is 0 Å². The Labute approximate surface area is 174 Å². The number of rotatable bonds is 7. The molecule has 1 saturated carbocycles. The van der Waals surface area contributed by atoms with Crippen LogP contribution in [0.15, 0.2) is 24.4 Å². The molecule has 2 bridgehead atoms. The summed E-state index contributed by atoms with van der Waals surface area (Å²) in [4.78, 5) is 12.5. The first-order chi connectivity index (χ1) is 14.4. The Morgan fingerprint density at radius 3 is 2.93 bits per heavy atom. The molecular weight excluding hydrogens is 387 g/mol. The molecule has 8 nitrogen and oxygen atoms in total. The fraction of sp³-hybridized carbons (Fsp3) is 0.524. The molecule has 1 aromatic carbocycles. The SMILES string of the molecule is CC(O)Cc1cn(-c2ccc(C[C@@H](C#N)NC(=O)[C@H]3N[C@@H]4CC[C@H]3C4)c(F)c2)nn1. The molecule has 30 heavy (non-hydrogen) atoms. The van der Waals surface area contributed by atoms with Crippen molar-refractivity contribution in [2.24, 2.45) is 5.92 Å². The van der Waals surface area contributed by atoms with Gasteiger partial charge in [-0.2, -0.15) is 5.26 Å². The second kappa shape index (κ2) is 8.50. The summed E-state index contributed by atoms with van der Waals surface area (Å²) in [5.74, 6) is -0.335. The van der Waals surface area contributed by atoms with Gasteiger partial charge >= 0.3 is 0 Å². The van der Waals surface area contributed by atoms with Crippen LogP contribution in [0, 0.1) is 23.1 Å². The second-order valence-corrected chi connectivity index (χ2v) is 8.29. The van der Waals surface area contributed by atoms with E-state index in [1.807, 2.05) is 0 Å². The summed E-state index contributed by atoms with van der Waals surface area (Å²) < 4.78 is 16.1. The molecule has 5 atom stereocenters. The molecule has 1 unspecified atom stereocenters. The summed E-state index contributed by atoms with van der Waals surface area (Å²) >= 11 is 0. The molecule has 2 heterocycles. The first kappa shape index (κ1) is 20.4. The quantitative estimate of drug-likeness (QED) is 0.625. The zero-order chi connectivity index (χ0) is 21.3. The van der Waals surface area contributed by atoms with Gasteiger partial charge in [0.1, 0.15) is 11.9 Å². The van der Waals surface area contributed by atoms with Crippen LogP contribution in [0.1, 0.15) is 37.4 Å². The number of fused-ring (bicyclic) bond motifs is 2. The third-order valence-corrected chi connectivity index (χ3v) is 5.89. The molecule has 3 N–H and O–H groups in total. The number of amides is 1. The molecule has 1 aliphatic heterocycles. The minimum Gasteiger partial charge on any atom is -0.393 e. The van der Waals surface area contributed by atoms with Crippen LogP contribution in [-0.2, 0) is 17.6 Å². The van der Waals surface area contributed by atoms with Gasteiger partial charge in [0.2, 0.25) is 5.91 Å².